The van der Waals surface area contributed by atoms with E-state index in [0.717, 1.165) is 17.7 Å². The highest BCUT2D eigenvalue weighted by molar-refractivity contribution is 6.10. The number of nitrogens with two attached hydrogens (primary N) is 1. The number of nitrogens with zero attached hydrogens (tertiary/aromatic N) is 4. The highest BCUT2D eigenvalue weighted by Gasteiger charge is 2.35. The molecule has 180 valence electrons. The van der Waals surface area contributed by atoms with Gasteiger partial charge in [-0.2, -0.15) is 5.10 Å². The summed E-state index contributed by atoms with van der Waals surface area (Å²) in [5, 5.41) is 4.28. The van der Waals surface area contributed by atoms with Crippen molar-refractivity contribution in [1.29, 1.82) is 0 Å². The summed E-state index contributed by atoms with van der Waals surface area (Å²) < 4.78 is 20.7. The Labute approximate surface area is 200 Å². The van der Waals surface area contributed by atoms with Crippen molar-refractivity contribution in [3.05, 3.63) is 64.7 Å². The van der Waals surface area contributed by atoms with E-state index in [2.05, 4.69) is 5.10 Å². The highest BCUT2D eigenvalue weighted by atomic mass is 19.1. The number of carbonyl (C=O) groups is 3. The standard InChI is InChI=1S/C25H24FN5O4/c1-14-12-15(29-10-3-4-21(29)32)5-7-19(14)30-11-9-17-22(24(27)33)28-31(23(17)25(30)34)16-6-8-20(35-2)18(26)13-16/h5-8,12-13H,3-4,9-11H2,1-2H3,(H2,27,33). The van der Waals surface area contributed by atoms with E-state index >= 15 is 0 Å². The molecule has 2 N–H and O–H groups in total. The fourth-order valence-electron chi connectivity index (χ4n) is 4.79. The van der Waals surface area contributed by atoms with Gasteiger partial charge in [0.2, 0.25) is 5.91 Å². The van der Waals surface area contributed by atoms with E-state index in [1.165, 1.54) is 23.9 Å². The lowest BCUT2D eigenvalue weighted by molar-refractivity contribution is -0.117. The van der Waals surface area contributed by atoms with Crippen LogP contribution < -0.4 is 20.3 Å². The van der Waals surface area contributed by atoms with E-state index in [4.69, 9.17) is 10.5 Å². The molecule has 10 heteroatoms. The molecule has 2 aliphatic heterocycles. The van der Waals surface area contributed by atoms with E-state index < -0.39 is 11.7 Å². The molecule has 3 heterocycles. The van der Waals surface area contributed by atoms with Crippen LogP contribution in [0.25, 0.3) is 5.69 Å². The van der Waals surface area contributed by atoms with Gasteiger partial charge in [-0.25, -0.2) is 9.07 Å². The number of rotatable bonds is 5. The van der Waals surface area contributed by atoms with Gasteiger partial charge in [-0.15, -0.1) is 0 Å². The Kier molecular flexibility index (Phi) is 5.50. The molecule has 2 aromatic carbocycles. The summed E-state index contributed by atoms with van der Waals surface area (Å²) in [6, 6.07) is 9.72. The molecule has 0 bridgehead atoms. The molecule has 2 aliphatic rings. The summed E-state index contributed by atoms with van der Waals surface area (Å²) in [6.45, 7) is 2.88. The highest BCUT2D eigenvalue weighted by Crippen LogP contribution is 2.33. The first-order valence-electron chi connectivity index (χ1n) is 11.3. The fraction of sp³-hybridized carbons (Fsp3) is 0.280. The van der Waals surface area contributed by atoms with Crippen LogP contribution in [0.2, 0.25) is 0 Å². The Morgan fingerprint density at radius 1 is 1.06 bits per heavy atom. The Balaban J connectivity index is 1.56. The number of amides is 3. The minimum absolute atomic E-state index is 0.0103. The van der Waals surface area contributed by atoms with Crippen LogP contribution in [0.3, 0.4) is 0 Å². The molecular formula is C25H24FN5O4. The zero-order valence-electron chi connectivity index (χ0n) is 19.4. The predicted octanol–water partition coefficient (Wildman–Crippen LogP) is 2.76. The predicted molar refractivity (Wildman–Crippen MR) is 127 cm³/mol. The van der Waals surface area contributed by atoms with Gasteiger partial charge in [-0.3, -0.25) is 14.4 Å². The fourth-order valence-corrected chi connectivity index (χ4v) is 4.79. The summed E-state index contributed by atoms with van der Waals surface area (Å²) >= 11 is 0. The van der Waals surface area contributed by atoms with Crippen LogP contribution in [0.1, 0.15) is 44.9 Å². The molecule has 1 aromatic heterocycles. The van der Waals surface area contributed by atoms with Gasteiger partial charge in [0.15, 0.2) is 17.3 Å². The average Bonchev–Trinajstić information content (AvgIpc) is 3.44. The van der Waals surface area contributed by atoms with Crippen LogP contribution in [0, 0.1) is 12.7 Å². The van der Waals surface area contributed by atoms with Crippen molar-refractivity contribution in [2.45, 2.75) is 26.2 Å². The number of hydrogen-bond donors (Lipinski definition) is 1. The molecule has 3 aromatic rings. The third-order valence-corrected chi connectivity index (χ3v) is 6.49. The summed E-state index contributed by atoms with van der Waals surface area (Å²) in [4.78, 5) is 41.3. The van der Waals surface area contributed by atoms with E-state index in [1.807, 2.05) is 25.1 Å². The van der Waals surface area contributed by atoms with Crippen LogP contribution in [0.5, 0.6) is 5.75 Å². The first-order chi connectivity index (χ1) is 16.8. The van der Waals surface area contributed by atoms with Crippen molar-refractivity contribution in [3.8, 4) is 11.4 Å². The van der Waals surface area contributed by atoms with E-state index in [1.54, 1.807) is 15.9 Å². The van der Waals surface area contributed by atoms with Gasteiger partial charge >= 0.3 is 0 Å². The first kappa shape index (κ1) is 22.6. The number of methoxy groups -OCH3 is 1. The van der Waals surface area contributed by atoms with Gasteiger partial charge in [-0.05, 0) is 55.7 Å². The van der Waals surface area contributed by atoms with Gasteiger partial charge in [-0.1, -0.05) is 0 Å². The number of halogens is 1. The molecule has 3 amide bonds. The lowest BCUT2D eigenvalue weighted by Gasteiger charge is -2.29. The molecule has 0 spiro atoms. The van der Waals surface area contributed by atoms with Crippen molar-refractivity contribution >= 4 is 29.1 Å². The van der Waals surface area contributed by atoms with Crippen LogP contribution in [-0.4, -0.2) is 47.7 Å². The molecule has 0 saturated carbocycles. The van der Waals surface area contributed by atoms with Crippen molar-refractivity contribution in [3.63, 3.8) is 0 Å². The number of hydrogen-bond acceptors (Lipinski definition) is 5. The lowest BCUT2D eigenvalue weighted by Crippen LogP contribution is -2.39. The second-order valence-corrected chi connectivity index (χ2v) is 8.60. The van der Waals surface area contributed by atoms with Crippen molar-refractivity contribution in [1.82, 2.24) is 9.78 Å². The SMILES string of the molecule is COc1ccc(-n2nc(C(N)=O)c3c2C(=O)N(c2ccc(N4CCCC4=O)cc2C)CC3)cc1F. The quantitative estimate of drug-likeness (QED) is 0.608. The van der Waals surface area contributed by atoms with Gasteiger partial charge in [0, 0.05) is 42.5 Å². The molecule has 0 aliphatic carbocycles. The number of aryl methyl sites for hydroxylation is 1. The molecule has 0 radical (unpaired) electrons. The Morgan fingerprint density at radius 3 is 2.46 bits per heavy atom. The summed E-state index contributed by atoms with van der Waals surface area (Å²) in [5.41, 5.74) is 8.71. The minimum atomic E-state index is -0.758. The van der Waals surface area contributed by atoms with Gasteiger partial charge in [0.1, 0.15) is 5.69 Å². The van der Waals surface area contributed by atoms with Crippen molar-refractivity contribution in [2.24, 2.45) is 5.73 Å². The Hall–Kier alpha value is -4.21. The lowest BCUT2D eigenvalue weighted by atomic mass is 10.0. The zero-order valence-corrected chi connectivity index (χ0v) is 19.4. The molecule has 1 saturated heterocycles. The number of aromatic nitrogens is 2. The third-order valence-electron chi connectivity index (χ3n) is 6.49. The van der Waals surface area contributed by atoms with Gasteiger partial charge in [0.05, 0.1) is 12.8 Å². The number of carbonyl (C=O) groups excluding carboxylic acids is 3. The summed E-state index contributed by atoms with van der Waals surface area (Å²) in [5.74, 6) is -1.63. The van der Waals surface area contributed by atoms with Crippen molar-refractivity contribution in [2.75, 3.05) is 30.0 Å². The Bertz CT molecular complexity index is 1380. The number of benzene rings is 2. The number of ether oxygens (including phenoxy) is 1. The van der Waals surface area contributed by atoms with Crippen molar-refractivity contribution < 1.29 is 23.5 Å². The van der Waals surface area contributed by atoms with Gasteiger partial charge in [0.25, 0.3) is 11.8 Å². The smallest absolute Gasteiger partial charge is 0.277 e. The summed E-state index contributed by atoms with van der Waals surface area (Å²) in [6.07, 6.45) is 1.71. The molecule has 9 nitrogen and oxygen atoms in total. The molecule has 1 fully saturated rings. The largest absolute Gasteiger partial charge is 0.494 e. The number of primary amides is 1. The maximum Gasteiger partial charge on any atom is 0.277 e. The molecule has 0 atom stereocenters. The maximum absolute atomic E-state index is 14.4. The number of anilines is 2. The molecule has 0 unspecified atom stereocenters. The van der Waals surface area contributed by atoms with Gasteiger partial charge < -0.3 is 20.3 Å². The monoisotopic (exact) mass is 477 g/mol. The zero-order chi connectivity index (χ0) is 24.9. The second-order valence-electron chi connectivity index (χ2n) is 8.60. The molecule has 35 heavy (non-hydrogen) atoms. The van der Waals surface area contributed by atoms with E-state index in [-0.39, 0.29) is 34.6 Å². The normalized spacial score (nSPS) is 15.5. The van der Waals surface area contributed by atoms with Crippen LogP contribution >= 0.6 is 0 Å². The first-order valence-corrected chi connectivity index (χ1v) is 11.3. The van der Waals surface area contributed by atoms with E-state index in [0.29, 0.717) is 37.2 Å². The average molecular weight is 477 g/mol. The second kappa shape index (κ2) is 8.53. The van der Waals surface area contributed by atoms with Crippen LogP contribution in [-0.2, 0) is 11.2 Å². The van der Waals surface area contributed by atoms with Crippen LogP contribution in [0.4, 0.5) is 15.8 Å². The number of fused-ring (bicyclic) bond motifs is 1. The van der Waals surface area contributed by atoms with E-state index in [9.17, 15) is 18.8 Å². The Morgan fingerprint density at radius 2 is 1.83 bits per heavy atom. The maximum atomic E-state index is 14.4. The molecule has 5 rings (SSSR count). The minimum Gasteiger partial charge on any atom is -0.494 e. The molecular weight excluding hydrogens is 453 g/mol. The summed E-state index contributed by atoms with van der Waals surface area (Å²) in [7, 11) is 1.35. The topological polar surface area (TPSA) is 111 Å². The van der Waals surface area contributed by atoms with Crippen LogP contribution in [0.15, 0.2) is 36.4 Å². The third kappa shape index (κ3) is 3.71.